The fourth-order valence-electron chi connectivity index (χ4n) is 8.40. The molecule has 1 fully saturated rings. The van der Waals surface area contributed by atoms with Crippen LogP contribution in [0.2, 0.25) is 0 Å². The van der Waals surface area contributed by atoms with E-state index in [1.807, 2.05) is 18.3 Å². The molecule has 0 saturated heterocycles. The molecule has 1 saturated carbocycles. The summed E-state index contributed by atoms with van der Waals surface area (Å²) < 4.78 is 11.0. The summed E-state index contributed by atoms with van der Waals surface area (Å²) in [6, 6.07) is 41.4. The molecule has 8 aromatic rings. The van der Waals surface area contributed by atoms with Crippen LogP contribution in [-0.2, 0) is 6.42 Å². The number of para-hydroxylation sites is 2. The van der Waals surface area contributed by atoms with E-state index in [9.17, 15) is 0 Å². The van der Waals surface area contributed by atoms with Crippen LogP contribution in [-0.4, -0.2) is 19.1 Å². The molecule has 11 rings (SSSR count). The molecule has 5 nitrogen and oxygen atoms in total. The summed E-state index contributed by atoms with van der Waals surface area (Å²) in [4.78, 5) is 10.1. The minimum atomic E-state index is 0.584. The Morgan fingerprint density at radius 1 is 0.596 bits per heavy atom. The number of benzene rings is 4. The van der Waals surface area contributed by atoms with Gasteiger partial charge in [0.25, 0.3) is 0 Å². The van der Waals surface area contributed by atoms with Crippen molar-refractivity contribution in [1.82, 2.24) is 19.1 Å². The second-order valence-electron chi connectivity index (χ2n) is 13.4. The van der Waals surface area contributed by atoms with Gasteiger partial charge in [0.15, 0.2) is 0 Å². The zero-order chi connectivity index (χ0) is 30.9. The molecule has 0 radical (unpaired) electrons. The van der Waals surface area contributed by atoms with Crippen LogP contribution >= 0.6 is 0 Å². The van der Waals surface area contributed by atoms with Gasteiger partial charge in [0.1, 0.15) is 17.4 Å². The van der Waals surface area contributed by atoms with Crippen molar-refractivity contribution >= 4 is 43.6 Å². The van der Waals surface area contributed by atoms with Crippen molar-refractivity contribution in [2.75, 3.05) is 0 Å². The smallest absolute Gasteiger partial charge is 0.221 e. The lowest BCUT2D eigenvalue weighted by molar-refractivity contribution is 0.306. The maximum Gasteiger partial charge on any atom is 0.221 e. The number of fused-ring (bicyclic) bond motifs is 7. The summed E-state index contributed by atoms with van der Waals surface area (Å²) in [5.41, 5.74) is 7.30. The van der Waals surface area contributed by atoms with Gasteiger partial charge in [-0.3, -0.25) is 9.13 Å². The first kappa shape index (κ1) is 26.8. The number of hydrogen-bond donors (Lipinski definition) is 0. The van der Waals surface area contributed by atoms with Crippen molar-refractivity contribution in [2.24, 2.45) is 5.92 Å². The third kappa shape index (κ3) is 4.37. The van der Waals surface area contributed by atoms with Gasteiger partial charge in [0.2, 0.25) is 5.88 Å². The lowest BCUT2D eigenvalue weighted by atomic mass is 9.76. The van der Waals surface area contributed by atoms with Crippen LogP contribution < -0.4 is 4.74 Å². The van der Waals surface area contributed by atoms with Gasteiger partial charge in [0.05, 0.1) is 22.1 Å². The lowest BCUT2D eigenvalue weighted by Gasteiger charge is -2.29. The predicted octanol–water partition coefficient (Wildman–Crippen LogP) is 10.7. The van der Waals surface area contributed by atoms with Gasteiger partial charge in [-0.2, -0.15) is 4.98 Å². The second-order valence-corrected chi connectivity index (χ2v) is 13.4. The maximum absolute atomic E-state index is 6.39. The van der Waals surface area contributed by atoms with E-state index in [0.717, 1.165) is 46.3 Å². The Morgan fingerprint density at radius 2 is 1.34 bits per heavy atom. The van der Waals surface area contributed by atoms with Gasteiger partial charge in [-0.05, 0) is 103 Å². The fraction of sp³-hybridized carbons (Fsp3) is 0.190. The van der Waals surface area contributed by atoms with Crippen molar-refractivity contribution < 1.29 is 4.74 Å². The Labute approximate surface area is 273 Å². The SMILES string of the molecule is c1cc2nc(c1)-n1c3ccccc3c3cc4c5ccccc5n(c4cc31)-c1cc(ccn1)CCC1CCCC(C1)c1ccc(cc1)O2. The van der Waals surface area contributed by atoms with E-state index < -0.39 is 0 Å². The zero-order valence-electron chi connectivity index (χ0n) is 26.1. The number of hydrogen-bond acceptors (Lipinski definition) is 3. The first-order valence-corrected chi connectivity index (χ1v) is 16.9. The summed E-state index contributed by atoms with van der Waals surface area (Å²) >= 11 is 0. The van der Waals surface area contributed by atoms with E-state index in [2.05, 4.69) is 112 Å². The number of rotatable bonds is 0. The van der Waals surface area contributed by atoms with Crippen LogP contribution in [0.25, 0.3) is 55.2 Å². The van der Waals surface area contributed by atoms with Gasteiger partial charge >= 0.3 is 0 Å². The summed E-state index contributed by atoms with van der Waals surface area (Å²) in [5, 5.41) is 4.86. The van der Waals surface area contributed by atoms with Crippen LogP contribution in [0.5, 0.6) is 11.6 Å². The first-order valence-electron chi connectivity index (χ1n) is 16.9. The predicted molar refractivity (Wildman–Crippen MR) is 190 cm³/mol. The average molecular weight is 611 g/mol. The number of aryl methyl sites for hydroxylation is 1. The largest absolute Gasteiger partial charge is 0.439 e. The van der Waals surface area contributed by atoms with Crippen molar-refractivity contribution in [1.29, 1.82) is 0 Å². The van der Waals surface area contributed by atoms with Crippen LogP contribution in [0.3, 0.4) is 0 Å². The van der Waals surface area contributed by atoms with Gasteiger partial charge in [-0.25, -0.2) is 4.98 Å². The highest BCUT2D eigenvalue weighted by Gasteiger charge is 2.24. The number of nitrogens with zero attached hydrogens (tertiary/aromatic N) is 4. The van der Waals surface area contributed by atoms with E-state index in [-0.39, 0.29) is 0 Å². The van der Waals surface area contributed by atoms with Gasteiger partial charge in [-0.1, -0.05) is 67.4 Å². The molecule has 228 valence electrons. The number of ether oxygens (including phenoxy) is 1. The van der Waals surface area contributed by atoms with Crippen LogP contribution in [0.15, 0.2) is 121 Å². The van der Waals surface area contributed by atoms with Gasteiger partial charge in [0, 0.05) is 33.8 Å². The Kier molecular flexibility index (Phi) is 6.01. The molecule has 0 spiro atoms. The van der Waals surface area contributed by atoms with Crippen LogP contribution in [0, 0.1) is 5.92 Å². The molecule has 2 aliphatic heterocycles. The third-order valence-electron chi connectivity index (χ3n) is 10.6. The summed E-state index contributed by atoms with van der Waals surface area (Å²) in [7, 11) is 0. The molecular formula is C42H34N4O. The highest BCUT2D eigenvalue weighted by atomic mass is 16.5. The number of pyridine rings is 2. The molecular weight excluding hydrogens is 576 g/mol. The van der Waals surface area contributed by atoms with Crippen LogP contribution in [0.4, 0.5) is 0 Å². The fourth-order valence-corrected chi connectivity index (χ4v) is 8.40. The average Bonchev–Trinajstić information content (AvgIpc) is 3.62. The highest BCUT2D eigenvalue weighted by Crippen LogP contribution is 2.41. The topological polar surface area (TPSA) is 44.9 Å². The Bertz CT molecular complexity index is 2470. The van der Waals surface area contributed by atoms with Crippen molar-refractivity contribution in [3.8, 4) is 23.3 Å². The van der Waals surface area contributed by atoms with Crippen molar-refractivity contribution in [3.05, 3.63) is 133 Å². The molecule has 2 atom stereocenters. The summed E-state index contributed by atoms with van der Waals surface area (Å²) in [5.74, 6) is 4.52. The molecule has 1 aliphatic carbocycles. The molecule has 3 aliphatic rings. The first-order chi connectivity index (χ1) is 23.3. The molecule has 5 heteroatoms. The van der Waals surface area contributed by atoms with Gasteiger partial charge in [-0.15, -0.1) is 0 Å². The molecule has 6 heterocycles. The van der Waals surface area contributed by atoms with E-state index in [0.29, 0.717) is 11.8 Å². The molecule has 10 bridgehead atoms. The van der Waals surface area contributed by atoms with E-state index in [1.165, 1.54) is 70.3 Å². The summed E-state index contributed by atoms with van der Waals surface area (Å²) in [6.45, 7) is 0. The number of aromatic nitrogens is 4. The highest BCUT2D eigenvalue weighted by molar-refractivity contribution is 6.19. The van der Waals surface area contributed by atoms with Crippen molar-refractivity contribution in [2.45, 2.75) is 44.4 Å². The van der Waals surface area contributed by atoms with Crippen LogP contribution in [0.1, 0.15) is 49.1 Å². The lowest BCUT2D eigenvalue weighted by Crippen LogP contribution is -2.15. The minimum absolute atomic E-state index is 0.584. The Morgan fingerprint density at radius 3 is 2.13 bits per heavy atom. The maximum atomic E-state index is 6.39. The normalized spacial score (nSPS) is 17.9. The van der Waals surface area contributed by atoms with Gasteiger partial charge < -0.3 is 4.74 Å². The second kappa shape index (κ2) is 10.6. The standard InChI is InChI=1S/C42H34N4O/c1-3-11-36-32(9-1)34-25-35-33-10-2-4-12-37(33)46-39(35)26-38(34)45(36)40-13-6-14-42(44-40)47-31-19-17-29(18-20-31)30-8-5-7-27(23-30)15-16-28-21-22-43-41(46)24-28/h1-4,6,9-14,17-22,24-27,30H,5,7-8,15-16,23H2. The molecule has 0 amide bonds. The monoisotopic (exact) mass is 610 g/mol. The molecule has 4 aromatic carbocycles. The Balaban J connectivity index is 1.25. The Hall–Kier alpha value is -5.42. The quantitative estimate of drug-likeness (QED) is 0.172. The third-order valence-corrected chi connectivity index (χ3v) is 10.6. The van der Waals surface area contributed by atoms with E-state index >= 15 is 0 Å². The zero-order valence-corrected chi connectivity index (χ0v) is 26.1. The molecule has 47 heavy (non-hydrogen) atoms. The molecule has 2 unspecified atom stereocenters. The van der Waals surface area contributed by atoms with Crippen molar-refractivity contribution in [3.63, 3.8) is 0 Å². The molecule has 0 N–H and O–H groups in total. The minimum Gasteiger partial charge on any atom is -0.439 e. The van der Waals surface area contributed by atoms with E-state index in [1.54, 1.807) is 0 Å². The molecule has 4 aromatic heterocycles. The van der Waals surface area contributed by atoms with E-state index in [4.69, 9.17) is 14.7 Å². The summed E-state index contributed by atoms with van der Waals surface area (Å²) in [6.07, 6.45) is 9.38.